The van der Waals surface area contributed by atoms with E-state index in [1.54, 1.807) is 22.3 Å². The van der Waals surface area contributed by atoms with Crippen LogP contribution >= 0.6 is 0 Å². The molecule has 0 N–H and O–H groups in total. The molecule has 1 saturated heterocycles. The van der Waals surface area contributed by atoms with Crippen molar-refractivity contribution < 1.29 is 9.59 Å². The Morgan fingerprint density at radius 2 is 1.52 bits per heavy atom. The molecule has 0 bridgehead atoms. The highest BCUT2D eigenvalue weighted by atomic mass is 16.2. The number of imidazole rings is 1. The fourth-order valence-electron chi connectivity index (χ4n) is 3.25. The Bertz CT molecular complexity index is 937. The van der Waals surface area contributed by atoms with Crippen LogP contribution < -0.4 is 4.90 Å². The zero-order valence-corrected chi connectivity index (χ0v) is 14.9. The number of piperazine rings is 1. The SMILES string of the molecule is O=C1CN(c2ccccc2)C(=O)CN1Cc1cncn1Cc1ccccc1. The zero-order chi connectivity index (χ0) is 18.6. The highest BCUT2D eigenvalue weighted by Gasteiger charge is 2.31. The molecule has 136 valence electrons. The standard InChI is InChI=1S/C21H20N4O2/c26-20-15-25(18-9-5-2-6-10-18)21(27)14-23(20)13-19-11-22-16-24(19)12-17-7-3-1-4-8-17/h1-11,16H,12-15H2. The van der Waals surface area contributed by atoms with Crippen molar-refractivity contribution >= 4 is 17.5 Å². The molecule has 0 radical (unpaired) electrons. The van der Waals surface area contributed by atoms with Crippen molar-refractivity contribution in [2.24, 2.45) is 0 Å². The second kappa shape index (κ2) is 7.45. The fourth-order valence-corrected chi connectivity index (χ4v) is 3.25. The average Bonchev–Trinajstić information content (AvgIpc) is 3.12. The third-order valence-corrected chi connectivity index (χ3v) is 4.69. The summed E-state index contributed by atoms with van der Waals surface area (Å²) < 4.78 is 2.01. The molecule has 6 heteroatoms. The van der Waals surface area contributed by atoms with Gasteiger partial charge in [-0.15, -0.1) is 0 Å². The molecule has 6 nitrogen and oxygen atoms in total. The lowest BCUT2D eigenvalue weighted by Gasteiger charge is -2.34. The van der Waals surface area contributed by atoms with Crippen molar-refractivity contribution in [2.45, 2.75) is 13.1 Å². The van der Waals surface area contributed by atoms with Crippen LogP contribution in [0.25, 0.3) is 0 Å². The Balaban J connectivity index is 1.46. The van der Waals surface area contributed by atoms with Crippen LogP contribution in [0.15, 0.2) is 73.2 Å². The molecule has 4 rings (SSSR count). The average molecular weight is 360 g/mol. The number of benzene rings is 2. The minimum Gasteiger partial charge on any atom is -0.329 e. The van der Waals surface area contributed by atoms with Gasteiger partial charge in [-0.1, -0.05) is 48.5 Å². The molecule has 1 fully saturated rings. The molecule has 0 unspecified atom stereocenters. The van der Waals surface area contributed by atoms with Gasteiger partial charge in [-0.3, -0.25) is 9.59 Å². The van der Waals surface area contributed by atoms with Crippen LogP contribution in [-0.4, -0.2) is 39.4 Å². The van der Waals surface area contributed by atoms with E-state index in [-0.39, 0.29) is 24.9 Å². The first-order valence-electron chi connectivity index (χ1n) is 8.87. The van der Waals surface area contributed by atoms with Crippen molar-refractivity contribution in [3.05, 3.63) is 84.4 Å². The molecule has 1 aliphatic rings. The number of rotatable bonds is 5. The molecule has 0 saturated carbocycles. The number of para-hydroxylation sites is 1. The van der Waals surface area contributed by atoms with Crippen LogP contribution in [0.2, 0.25) is 0 Å². The summed E-state index contributed by atoms with van der Waals surface area (Å²) in [7, 11) is 0. The second-order valence-electron chi connectivity index (χ2n) is 6.56. The van der Waals surface area contributed by atoms with Gasteiger partial charge in [0.05, 0.1) is 18.6 Å². The zero-order valence-electron chi connectivity index (χ0n) is 14.9. The third kappa shape index (κ3) is 3.74. The Kier molecular flexibility index (Phi) is 4.70. The van der Waals surface area contributed by atoms with Crippen LogP contribution in [0, 0.1) is 0 Å². The number of carbonyl (C=O) groups is 2. The van der Waals surface area contributed by atoms with Crippen LogP contribution in [0.5, 0.6) is 0 Å². The van der Waals surface area contributed by atoms with Crippen LogP contribution in [0.1, 0.15) is 11.3 Å². The minimum absolute atomic E-state index is 0.0640. The molecule has 1 aliphatic heterocycles. The van der Waals surface area contributed by atoms with Gasteiger partial charge in [-0.2, -0.15) is 0 Å². The van der Waals surface area contributed by atoms with Gasteiger partial charge in [0.2, 0.25) is 11.8 Å². The second-order valence-corrected chi connectivity index (χ2v) is 6.56. The Labute approximate surface area is 157 Å². The van der Waals surface area contributed by atoms with Crippen LogP contribution in [0.4, 0.5) is 5.69 Å². The highest BCUT2D eigenvalue weighted by molar-refractivity contribution is 6.04. The summed E-state index contributed by atoms with van der Waals surface area (Å²) >= 11 is 0. The Hall–Kier alpha value is -3.41. The van der Waals surface area contributed by atoms with Gasteiger partial charge in [0, 0.05) is 18.4 Å². The van der Waals surface area contributed by atoms with Crippen molar-refractivity contribution in [3.63, 3.8) is 0 Å². The summed E-state index contributed by atoms with van der Waals surface area (Å²) in [6.45, 7) is 1.20. The molecular weight excluding hydrogens is 340 g/mol. The summed E-state index contributed by atoms with van der Waals surface area (Å²) in [4.78, 5) is 32.5. The van der Waals surface area contributed by atoms with Gasteiger partial charge >= 0.3 is 0 Å². The number of aromatic nitrogens is 2. The van der Waals surface area contributed by atoms with E-state index in [1.807, 2.05) is 53.1 Å². The molecule has 2 heterocycles. The number of hydrogen-bond donors (Lipinski definition) is 0. The van der Waals surface area contributed by atoms with E-state index in [1.165, 1.54) is 0 Å². The van der Waals surface area contributed by atoms with Gasteiger partial charge in [-0.05, 0) is 17.7 Å². The van der Waals surface area contributed by atoms with Gasteiger partial charge < -0.3 is 14.4 Å². The molecule has 0 aliphatic carbocycles. The van der Waals surface area contributed by atoms with Gasteiger partial charge in [0.15, 0.2) is 0 Å². The molecule has 3 aromatic rings. The first kappa shape index (κ1) is 17.0. The maximum atomic E-state index is 12.6. The van der Waals surface area contributed by atoms with E-state index in [4.69, 9.17) is 0 Å². The molecular formula is C21H20N4O2. The highest BCUT2D eigenvalue weighted by Crippen LogP contribution is 2.18. The topological polar surface area (TPSA) is 58.4 Å². The molecule has 0 spiro atoms. The van der Waals surface area contributed by atoms with E-state index in [0.29, 0.717) is 13.1 Å². The molecule has 1 aromatic heterocycles. The minimum atomic E-state index is -0.0741. The quantitative estimate of drug-likeness (QED) is 0.702. The number of amides is 2. The first-order valence-corrected chi connectivity index (χ1v) is 8.87. The van der Waals surface area contributed by atoms with Crippen LogP contribution in [-0.2, 0) is 22.7 Å². The first-order chi connectivity index (χ1) is 13.2. The molecule has 2 amide bonds. The number of hydrogen-bond acceptors (Lipinski definition) is 3. The summed E-state index contributed by atoms with van der Waals surface area (Å²) in [6.07, 6.45) is 3.51. The lowest BCUT2D eigenvalue weighted by Crippen LogP contribution is -2.53. The van der Waals surface area contributed by atoms with Crippen molar-refractivity contribution in [2.75, 3.05) is 18.0 Å². The number of carbonyl (C=O) groups excluding carboxylic acids is 2. The van der Waals surface area contributed by atoms with Crippen molar-refractivity contribution in [1.29, 1.82) is 0 Å². The maximum Gasteiger partial charge on any atom is 0.247 e. The monoisotopic (exact) mass is 360 g/mol. The van der Waals surface area contributed by atoms with Gasteiger partial charge in [-0.25, -0.2) is 4.98 Å². The summed E-state index contributed by atoms with van der Waals surface area (Å²) in [5.74, 6) is -0.138. The molecule has 0 atom stereocenters. The number of anilines is 1. The molecule has 27 heavy (non-hydrogen) atoms. The normalized spacial score (nSPS) is 14.7. The largest absolute Gasteiger partial charge is 0.329 e. The molecule has 2 aromatic carbocycles. The fraction of sp³-hybridized carbons (Fsp3) is 0.190. The Morgan fingerprint density at radius 1 is 0.815 bits per heavy atom. The Morgan fingerprint density at radius 3 is 2.26 bits per heavy atom. The van der Waals surface area contributed by atoms with Crippen LogP contribution in [0.3, 0.4) is 0 Å². The lowest BCUT2D eigenvalue weighted by molar-refractivity contribution is -0.139. The van der Waals surface area contributed by atoms with Crippen molar-refractivity contribution in [1.82, 2.24) is 14.5 Å². The van der Waals surface area contributed by atoms with E-state index < -0.39 is 0 Å². The smallest absolute Gasteiger partial charge is 0.247 e. The van der Waals surface area contributed by atoms with E-state index in [0.717, 1.165) is 16.9 Å². The van der Waals surface area contributed by atoms with E-state index in [2.05, 4.69) is 17.1 Å². The van der Waals surface area contributed by atoms with Gasteiger partial charge in [0.1, 0.15) is 13.1 Å². The summed E-state index contributed by atoms with van der Waals surface area (Å²) in [6, 6.07) is 19.4. The summed E-state index contributed by atoms with van der Waals surface area (Å²) in [5, 5.41) is 0. The van der Waals surface area contributed by atoms with E-state index >= 15 is 0 Å². The predicted octanol–water partition coefficient (Wildman–Crippen LogP) is 2.31. The predicted molar refractivity (Wildman–Crippen MR) is 102 cm³/mol. The third-order valence-electron chi connectivity index (χ3n) is 4.69. The summed E-state index contributed by atoms with van der Waals surface area (Å²) in [5.41, 5.74) is 2.82. The maximum absolute atomic E-state index is 12.6. The van der Waals surface area contributed by atoms with E-state index in [9.17, 15) is 9.59 Å². The van der Waals surface area contributed by atoms with Crippen molar-refractivity contribution in [3.8, 4) is 0 Å². The lowest BCUT2D eigenvalue weighted by atomic mass is 10.2. The van der Waals surface area contributed by atoms with Gasteiger partial charge in [0.25, 0.3) is 0 Å². The number of nitrogens with zero attached hydrogens (tertiary/aromatic N) is 4.